The lowest BCUT2D eigenvalue weighted by Gasteiger charge is -2.06. The second kappa shape index (κ2) is 3.08. The molecule has 1 rings (SSSR count). The SMILES string of the molecule is O=c1[nH]ccc(C(F)(F)F)c1I. The van der Waals surface area contributed by atoms with Gasteiger partial charge in [0.25, 0.3) is 5.56 Å². The molecule has 66 valence electrons. The Bertz CT molecular complexity index is 343. The monoisotopic (exact) mass is 289 g/mol. The van der Waals surface area contributed by atoms with Crippen molar-refractivity contribution in [3.8, 4) is 0 Å². The highest BCUT2D eigenvalue weighted by Gasteiger charge is 2.33. The minimum atomic E-state index is -4.45. The summed E-state index contributed by atoms with van der Waals surface area (Å²) in [6.45, 7) is 0. The molecule has 1 aromatic rings. The van der Waals surface area contributed by atoms with Crippen LogP contribution >= 0.6 is 22.6 Å². The van der Waals surface area contributed by atoms with Gasteiger partial charge in [0.05, 0.1) is 9.13 Å². The largest absolute Gasteiger partial charge is 0.417 e. The predicted octanol–water partition coefficient (Wildman–Crippen LogP) is 2.00. The van der Waals surface area contributed by atoms with Gasteiger partial charge in [0.2, 0.25) is 0 Å². The Hall–Kier alpha value is -0.530. The molecule has 0 aliphatic heterocycles. The molecule has 0 spiro atoms. The Labute approximate surface area is 78.9 Å². The minimum absolute atomic E-state index is 0.331. The summed E-state index contributed by atoms with van der Waals surface area (Å²) < 4.78 is 35.9. The topological polar surface area (TPSA) is 32.9 Å². The van der Waals surface area contributed by atoms with Crippen molar-refractivity contribution in [2.75, 3.05) is 0 Å². The Morgan fingerprint density at radius 3 is 2.42 bits per heavy atom. The molecule has 0 saturated carbocycles. The van der Waals surface area contributed by atoms with Gasteiger partial charge in [-0.15, -0.1) is 0 Å². The highest BCUT2D eigenvalue weighted by molar-refractivity contribution is 14.1. The molecular weight excluding hydrogens is 286 g/mol. The predicted molar refractivity (Wildman–Crippen MR) is 44.8 cm³/mol. The second-order valence-electron chi connectivity index (χ2n) is 2.03. The van der Waals surface area contributed by atoms with Gasteiger partial charge in [-0.3, -0.25) is 4.79 Å². The zero-order valence-corrected chi connectivity index (χ0v) is 7.73. The van der Waals surface area contributed by atoms with Crippen molar-refractivity contribution in [2.24, 2.45) is 0 Å². The first kappa shape index (κ1) is 9.56. The third-order valence-electron chi connectivity index (χ3n) is 1.21. The molecular formula is C6H3F3INO. The summed E-state index contributed by atoms with van der Waals surface area (Å²) in [6.07, 6.45) is -3.47. The van der Waals surface area contributed by atoms with E-state index in [9.17, 15) is 18.0 Å². The van der Waals surface area contributed by atoms with Gasteiger partial charge in [-0.05, 0) is 28.7 Å². The van der Waals surface area contributed by atoms with E-state index in [-0.39, 0.29) is 3.57 Å². The molecule has 0 aromatic carbocycles. The maximum Gasteiger partial charge on any atom is 0.417 e. The number of hydrogen-bond donors (Lipinski definition) is 1. The Kier molecular flexibility index (Phi) is 2.45. The molecule has 12 heavy (non-hydrogen) atoms. The second-order valence-corrected chi connectivity index (χ2v) is 3.11. The van der Waals surface area contributed by atoms with Crippen LogP contribution in [0.2, 0.25) is 0 Å². The molecule has 1 aromatic heterocycles. The first-order chi connectivity index (χ1) is 5.43. The van der Waals surface area contributed by atoms with Crippen LogP contribution in [0.3, 0.4) is 0 Å². The first-order valence-electron chi connectivity index (χ1n) is 2.87. The number of aromatic amines is 1. The van der Waals surface area contributed by atoms with Crippen LogP contribution < -0.4 is 5.56 Å². The highest BCUT2D eigenvalue weighted by atomic mass is 127. The fraction of sp³-hybridized carbons (Fsp3) is 0.167. The van der Waals surface area contributed by atoms with Gasteiger partial charge in [-0.25, -0.2) is 0 Å². The molecule has 0 aliphatic rings. The van der Waals surface area contributed by atoms with Gasteiger partial charge in [0, 0.05) is 6.20 Å². The van der Waals surface area contributed by atoms with Crippen LogP contribution in [0.5, 0.6) is 0 Å². The van der Waals surface area contributed by atoms with Crippen LogP contribution in [0.25, 0.3) is 0 Å². The summed E-state index contributed by atoms with van der Waals surface area (Å²) in [5.41, 5.74) is -1.61. The molecule has 0 fully saturated rings. The molecule has 0 unspecified atom stereocenters. The lowest BCUT2D eigenvalue weighted by molar-refractivity contribution is -0.138. The molecule has 1 heterocycles. The van der Waals surface area contributed by atoms with Crippen LogP contribution in [-0.4, -0.2) is 4.98 Å². The Morgan fingerprint density at radius 2 is 2.00 bits per heavy atom. The molecule has 0 saturated heterocycles. The molecule has 0 bridgehead atoms. The fourth-order valence-electron chi connectivity index (χ4n) is 0.678. The number of alkyl halides is 3. The summed E-state index contributed by atoms with van der Waals surface area (Å²) in [5, 5.41) is 0. The van der Waals surface area contributed by atoms with Crippen molar-refractivity contribution < 1.29 is 13.2 Å². The summed E-state index contributed by atoms with van der Waals surface area (Å²) in [5.74, 6) is 0. The van der Waals surface area contributed by atoms with E-state index in [1.165, 1.54) is 22.6 Å². The molecule has 6 heteroatoms. The third kappa shape index (κ3) is 1.79. The Morgan fingerprint density at radius 1 is 1.42 bits per heavy atom. The van der Waals surface area contributed by atoms with Gasteiger partial charge in [0.1, 0.15) is 0 Å². The standard InChI is InChI=1S/C6H3F3INO/c7-6(8,9)3-1-2-11-5(12)4(3)10/h1-2H,(H,11,12). The summed E-state index contributed by atoms with van der Waals surface area (Å²) in [4.78, 5) is 12.9. The van der Waals surface area contributed by atoms with E-state index in [4.69, 9.17) is 0 Å². The maximum atomic E-state index is 12.1. The lowest BCUT2D eigenvalue weighted by atomic mass is 10.3. The molecule has 0 amide bonds. The molecule has 1 N–H and O–H groups in total. The number of aromatic nitrogens is 1. The van der Waals surface area contributed by atoms with E-state index in [1.54, 1.807) is 0 Å². The number of H-pyrrole nitrogens is 1. The van der Waals surface area contributed by atoms with Crippen molar-refractivity contribution >= 4 is 22.6 Å². The fourth-order valence-corrected chi connectivity index (χ4v) is 1.32. The van der Waals surface area contributed by atoms with Crippen LogP contribution in [0.1, 0.15) is 5.56 Å². The molecule has 0 atom stereocenters. The van der Waals surface area contributed by atoms with Gasteiger partial charge in [0.15, 0.2) is 0 Å². The normalized spacial score (nSPS) is 11.7. The summed E-state index contributed by atoms with van der Waals surface area (Å²) >= 11 is 1.37. The third-order valence-corrected chi connectivity index (χ3v) is 2.28. The van der Waals surface area contributed by atoms with Crippen molar-refractivity contribution in [3.63, 3.8) is 0 Å². The smallest absolute Gasteiger partial charge is 0.328 e. The summed E-state index contributed by atoms with van der Waals surface area (Å²) in [7, 11) is 0. The molecule has 0 radical (unpaired) electrons. The average Bonchev–Trinajstić information content (AvgIpc) is 1.92. The van der Waals surface area contributed by atoms with Gasteiger partial charge < -0.3 is 4.98 Å². The number of nitrogens with one attached hydrogen (secondary N) is 1. The van der Waals surface area contributed by atoms with Crippen molar-refractivity contribution in [1.29, 1.82) is 0 Å². The number of pyridine rings is 1. The van der Waals surface area contributed by atoms with Crippen LogP contribution in [-0.2, 0) is 6.18 Å². The minimum Gasteiger partial charge on any atom is -0.328 e. The zero-order chi connectivity index (χ0) is 9.35. The van der Waals surface area contributed by atoms with E-state index < -0.39 is 17.3 Å². The van der Waals surface area contributed by atoms with E-state index >= 15 is 0 Å². The zero-order valence-electron chi connectivity index (χ0n) is 5.57. The highest BCUT2D eigenvalue weighted by Crippen LogP contribution is 2.30. The van der Waals surface area contributed by atoms with Crippen LogP contribution in [0.4, 0.5) is 13.2 Å². The van der Waals surface area contributed by atoms with Crippen molar-refractivity contribution in [1.82, 2.24) is 4.98 Å². The first-order valence-corrected chi connectivity index (χ1v) is 3.95. The average molecular weight is 289 g/mol. The van der Waals surface area contributed by atoms with Crippen molar-refractivity contribution in [3.05, 3.63) is 31.8 Å². The van der Waals surface area contributed by atoms with E-state index in [1.807, 2.05) is 0 Å². The number of rotatable bonds is 0. The van der Waals surface area contributed by atoms with Gasteiger partial charge in [-0.2, -0.15) is 13.2 Å². The van der Waals surface area contributed by atoms with Crippen LogP contribution in [0.15, 0.2) is 17.1 Å². The molecule has 2 nitrogen and oxygen atoms in total. The Balaban J connectivity index is 3.36. The van der Waals surface area contributed by atoms with Gasteiger partial charge >= 0.3 is 6.18 Å². The van der Waals surface area contributed by atoms with Gasteiger partial charge in [-0.1, -0.05) is 0 Å². The quantitative estimate of drug-likeness (QED) is 0.728. The number of halogens is 4. The van der Waals surface area contributed by atoms with Crippen molar-refractivity contribution in [2.45, 2.75) is 6.18 Å². The van der Waals surface area contributed by atoms with E-state index in [2.05, 4.69) is 4.98 Å². The van der Waals surface area contributed by atoms with E-state index in [0.717, 1.165) is 12.3 Å². The number of hydrogen-bond acceptors (Lipinski definition) is 1. The van der Waals surface area contributed by atoms with E-state index in [0.29, 0.717) is 0 Å². The maximum absolute atomic E-state index is 12.1. The summed E-state index contributed by atoms with van der Waals surface area (Å²) in [6, 6.07) is 0.836. The molecule has 0 aliphatic carbocycles. The lowest BCUT2D eigenvalue weighted by Crippen LogP contribution is -2.17. The van der Waals surface area contributed by atoms with Crippen LogP contribution in [0, 0.1) is 3.57 Å².